The van der Waals surface area contributed by atoms with Crippen LogP contribution in [-0.2, 0) is 4.79 Å². The Labute approximate surface area is 202 Å². The SMILES string of the molecule is COc1ccc(NC(=O)C2CCCN2C(=O)c2sc(-c3ccc(OC)c(OC)c3)nc2C)cc1. The lowest BCUT2D eigenvalue weighted by Crippen LogP contribution is -2.43. The van der Waals surface area contributed by atoms with Crippen LogP contribution in [0.5, 0.6) is 17.2 Å². The van der Waals surface area contributed by atoms with Crippen LogP contribution < -0.4 is 19.5 Å². The largest absolute Gasteiger partial charge is 0.497 e. The number of thiazole rings is 1. The lowest BCUT2D eigenvalue weighted by Gasteiger charge is -2.23. The number of carbonyl (C=O) groups is 2. The molecule has 1 unspecified atom stereocenters. The first kappa shape index (κ1) is 23.6. The zero-order chi connectivity index (χ0) is 24.2. The average molecular weight is 482 g/mol. The maximum Gasteiger partial charge on any atom is 0.266 e. The van der Waals surface area contributed by atoms with E-state index in [-0.39, 0.29) is 11.8 Å². The van der Waals surface area contributed by atoms with E-state index in [1.807, 2.05) is 25.1 Å². The van der Waals surface area contributed by atoms with E-state index in [0.717, 1.165) is 12.0 Å². The van der Waals surface area contributed by atoms with Crippen LogP contribution in [0.25, 0.3) is 10.6 Å². The van der Waals surface area contributed by atoms with Crippen molar-refractivity contribution in [2.24, 2.45) is 0 Å². The van der Waals surface area contributed by atoms with Crippen molar-refractivity contribution in [3.8, 4) is 27.8 Å². The van der Waals surface area contributed by atoms with Crippen molar-refractivity contribution in [1.29, 1.82) is 0 Å². The summed E-state index contributed by atoms with van der Waals surface area (Å²) in [6.07, 6.45) is 1.39. The molecule has 2 amide bonds. The zero-order valence-corrected chi connectivity index (χ0v) is 20.4. The fourth-order valence-corrected chi connectivity index (χ4v) is 5.02. The van der Waals surface area contributed by atoms with Gasteiger partial charge in [0, 0.05) is 17.8 Å². The molecule has 1 N–H and O–H groups in total. The summed E-state index contributed by atoms with van der Waals surface area (Å²) in [6, 6.07) is 12.1. The zero-order valence-electron chi connectivity index (χ0n) is 19.6. The summed E-state index contributed by atoms with van der Waals surface area (Å²) in [4.78, 5) is 33.2. The van der Waals surface area contributed by atoms with Crippen molar-refractivity contribution in [2.75, 3.05) is 33.2 Å². The summed E-state index contributed by atoms with van der Waals surface area (Å²) >= 11 is 1.32. The lowest BCUT2D eigenvalue weighted by atomic mass is 10.2. The van der Waals surface area contributed by atoms with Crippen molar-refractivity contribution in [1.82, 2.24) is 9.88 Å². The second kappa shape index (κ2) is 10.1. The molecule has 1 saturated heterocycles. The molecule has 2 heterocycles. The normalized spacial score (nSPS) is 15.2. The third kappa shape index (κ3) is 4.70. The third-order valence-corrected chi connectivity index (χ3v) is 6.99. The van der Waals surface area contributed by atoms with Gasteiger partial charge in [-0.3, -0.25) is 9.59 Å². The number of hydrogen-bond donors (Lipinski definition) is 1. The number of benzene rings is 2. The van der Waals surface area contributed by atoms with Gasteiger partial charge in [-0.15, -0.1) is 11.3 Å². The van der Waals surface area contributed by atoms with Gasteiger partial charge in [-0.05, 0) is 62.2 Å². The molecule has 3 aromatic rings. The molecular weight excluding hydrogens is 454 g/mol. The predicted octanol–water partition coefficient (Wildman–Crippen LogP) is 4.39. The molecule has 0 saturated carbocycles. The Kier molecular flexibility index (Phi) is 7.02. The molecule has 0 bridgehead atoms. The van der Waals surface area contributed by atoms with E-state index < -0.39 is 6.04 Å². The number of amides is 2. The summed E-state index contributed by atoms with van der Waals surface area (Å²) < 4.78 is 15.9. The topological polar surface area (TPSA) is 90.0 Å². The number of likely N-dealkylation sites (tertiary alicyclic amines) is 1. The maximum absolute atomic E-state index is 13.4. The summed E-state index contributed by atoms with van der Waals surface area (Å²) in [5.41, 5.74) is 2.14. The number of nitrogens with zero attached hydrogens (tertiary/aromatic N) is 2. The van der Waals surface area contributed by atoms with Gasteiger partial charge in [-0.1, -0.05) is 0 Å². The van der Waals surface area contributed by atoms with E-state index in [1.165, 1.54) is 11.3 Å². The fraction of sp³-hybridized carbons (Fsp3) is 0.320. The Morgan fingerprint density at radius 3 is 2.44 bits per heavy atom. The van der Waals surface area contributed by atoms with Crippen LogP contribution in [0.1, 0.15) is 28.2 Å². The Morgan fingerprint density at radius 1 is 1.03 bits per heavy atom. The highest BCUT2D eigenvalue weighted by atomic mass is 32.1. The first-order valence-electron chi connectivity index (χ1n) is 10.9. The van der Waals surface area contributed by atoms with Crippen LogP contribution in [-0.4, -0.2) is 55.6 Å². The van der Waals surface area contributed by atoms with Crippen LogP contribution in [0, 0.1) is 6.92 Å². The number of carbonyl (C=O) groups excluding carboxylic acids is 2. The summed E-state index contributed by atoms with van der Waals surface area (Å²) in [6.45, 7) is 2.35. The molecule has 1 aromatic heterocycles. The molecule has 0 aliphatic carbocycles. The van der Waals surface area contributed by atoms with Crippen molar-refractivity contribution < 1.29 is 23.8 Å². The standard InChI is InChI=1S/C25H27N3O5S/c1-15-22(34-24(26-15)16-7-12-20(32-3)21(14-16)33-4)25(30)28-13-5-6-19(28)23(29)27-17-8-10-18(31-2)11-9-17/h7-12,14,19H,5-6,13H2,1-4H3,(H,27,29). The smallest absolute Gasteiger partial charge is 0.266 e. The van der Waals surface area contributed by atoms with Crippen molar-refractivity contribution >= 4 is 28.8 Å². The monoisotopic (exact) mass is 481 g/mol. The van der Waals surface area contributed by atoms with E-state index >= 15 is 0 Å². The van der Waals surface area contributed by atoms with Crippen molar-refractivity contribution in [2.45, 2.75) is 25.8 Å². The number of anilines is 1. The summed E-state index contributed by atoms with van der Waals surface area (Å²) in [5, 5.41) is 3.62. The number of aryl methyl sites for hydroxylation is 1. The van der Waals surface area contributed by atoms with Gasteiger partial charge >= 0.3 is 0 Å². The molecule has 4 rings (SSSR count). The minimum Gasteiger partial charge on any atom is -0.497 e. The Balaban J connectivity index is 1.53. The van der Waals surface area contributed by atoms with E-state index in [4.69, 9.17) is 14.2 Å². The van der Waals surface area contributed by atoms with Crippen LogP contribution in [0.4, 0.5) is 5.69 Å². The van der Waals surface area contributed by atoms with E-state index in [0.29, 0.717) is 51.5 Å². The number of ether oxygens (including phenoxy) is 3. The highest BCUT2D eigenvalue weighted by Crippen LogP contribution is 2.36. The van der Waals surface area contributed by atoms with Crippen LogP contribution in [0.2, 0.25) is 0 Å². The highest BCUT2D eigenvalue weighted by molar-refractivity contribution is 7.17. The van der Waals surface area contributed by atoms with Gasteiger partial charge in [0.2, 0.25) is 5.91 Å². The van der Waals surface area contributed by atoms with Crippen LogP contribution >= 0.6 is 11.3 Å². The first-order chi connectivity index (χ1) is 16.4. The van der Waals surface area contributed by atoms with Crippen molar-refractivity contribution in [3.63, 3.8) is 0 Å². The van der Waals surface area contributed by atoms with E-state index in [2.05, 4.69) is 10.3 Å². The number of rotatable bonds is 7. The first-order valence-corrected chi connectivity index (χ1v) is 11.7. The van der Waals surface area contributed by atoms with Crippen molar-refractivity contribution in [3.05, 3.63) is 53.0 Å². The van der Waals surface area contributed by atoms with Gasteiger partial charge in [0.15, 0.2) is 11.5 Å². The number of methoxy groups -OCH3 is 3. The third-order valence-electron chi connectivity index (χ3n) is 5.80. The molecule has 1 aliphatic rings. The molecule has 0 spiro atoms. The predicted molar refractivity (Wildman–Crippen MR) is 131 cm³/mol. The minimum absolute atomic E-state index is 0.172. The minimum atomic E-state index is -0.527. The van der Waals surface area contributed by atoms with Crippen LogP contribution in [0.3, 0.4) is 0 Å². The van der Waals surface area contributed by atoms with E-state index in [9.17, 15) is 9.59 Å². The Bertz CT molecular complexity index is 1190. The molecule has 34 heavy (non-hydrogen) atoms. The number of nitrogens with one attached hydrogen (secondary N) is 1. The van der Waals surface area contributed by atoms with Gasteiger partial charge < -0.3 is 24.4 Å². The molecule has 1 aliphatic heterocycles. The van der Waals surface area contributed by atoms with E-state index in [1.54, 1.807) is 50.5 Å². The molecule has 1 atom stereocenters. The molecule has 2 aromatic carbocycles. The second-order valence-corrected chi connectivity index (χ2v) is 8.88. The van der Waals surface area contributed by atoms with Gasteiger partial charge in [-0.25, -0.2) is 4.98 Å². The Hall–Kier alpha value is -3.59. The van der Waals surface area contributed by atoms with Gasteiger partial charge in [0.05, 0.1) is 27.0 Å². The number of aromatic nitrogens is 1. The Morgan fingerprint density at radius 2 is 1.76 bits per heavy atom. The molecule has 8 nitrogen and oxygen atoms in total. The molecule has 9 heteroatoms. The maximum atomic E-state index is 13.4. The molecule has 178 valence electrons. The lowest BCUT2D eigenvalue weighted by molar-refractivity contribution is -0.119. The molecular formula is C25H27N3O5S. The summed E-state index contributed by atoms with van der Waals surface area (Å²) in [5.74, 6) is 1.56. The second-order valence-electron chi connectivity index (χ2n) is 7.88. The van der Waals surface area contributed by atoms with Gasteiger partial charge in [0.1, 0.15) is 21.7 Å². The molecule has 0 radical (unpaired) electrons. The number of hydrogen-bond acceptors (Lipinski definition) is 7. The highest BCUT2D eigenvalue weighted by Gasteiger charge is 2.36. The van der Waals surface area contributed by atoms with Gasteiger partial charge in [0.25, 0.3) is 5.91 Å². The average Bonchev–Trinajstić information content (AvgIpc) is 3.51. The van der Waals surface area contributed by atoms with Crippen LogP contribution in [0.15, 0.2) is 42.5 Å². The summed E-state index contributed by atoms with van der Waals surface area (Å²) in [7, 11) is 4.75. The molecule has 1 fully saturated rings. The fourth-order valence-electron chi connectivity index (χ4n) is 4.00. The van der Waals surface area contributed by atoms with Gasteiger partial charge in [-0.2, -0.15) is 0 Å². The quantitative estimate of drug-likeness (QED) is 0.538.